The molecule has 9 nitrogen and oxygen atoms in total. The number of benzene rings is 2. The van der Waals surface area contributed by atoms with Gasteiger partial charge in [0, 0.05) is 22.8 Å². The molecule has 0 aliphatic rings. The lowest BCUT2D eigenvalue weighted by Crippen LogP contribution is -2.04. The molecule has 0 radical (unpaired) electrons. The summed E-state index contributed by atoms with van der Waals surface area (Å²) in [7, 11) is 3.07. The molecular formula is C19H17N3O6S. The molecule has 0 fully saturated rings. The van der Waals surface area contributed by atoms with E-state index in [9.17, 15) is 14.9 Å². The van der Waals surface area contributed by atoms with Crippen LogP contribution >= 0.6 is 11.8 Å². The van der Waals surface area contributed by atoms with Crippen molar-refractivity contribution in [3.05, 3.63) is 57.6 Å². The number of hydrogen-bond acceptors (Lipinski definition) is 9. The van der Waals surface area contributed by atoms with Gasteiger partial charge in [0.25, 0.3) is 10.9 Å². The van der Waals surface area contributed by atoms with E-state index in [2.05, 4.69) is 10.2 Å². The minimum absolute atomic E-state index is 0.00772. The van der Waals surface area contributed by atoms with Crippen molar-refractivity contribution in [2.45, 2.75) is 12.1 Å². The maximum Gasteiger partial charge on any atom is 0.277 e. The van der Waals surface area contributed by atoms with E-state index in [1.54, 1.807) is 44.4 Å². The molecule has 0 bridgehead atoms. The van der Waals surface area contributed by atoms with E-state index < -0.39 is 4.92 Å². The fraction of sp³-hybridized carbons (Fsp3) is 0.211. The maximum atomic E-state index is 12.4. The molecule has 0 saturated carbocycles. The highest BCUT2D eigenvalue weighted by Gasteiger charge is 2.17. The molecule has 0 atom stereocenters. The first-order valence-corrected chi connectivity index (χ1v) is 9.38. The van der Waals surface area contributed by atoms with Gasteiger partial charge in [-0.1, -0.05) is 23.9 Å². The summed E-state index contributed by atoms with van der Waals surface area (Å²) in [4.78, 5) is 22.9. The highest BCUT2D eigenvalue weighted by atomic mass is 32.2. The molecule has 10 heteroatoms. The standard InChI is InChI=1S/C19H17N3O6S/c1-11-4-5-12(8-14(11)22(24)25)15(23)10-29-19-21-20-18(28-19)13-6-7-16(26-2)17(9-13)27-3/h4-9H,10H2,1-3H3. The quantitative estimate of drug-likeness (QED) is 0.233. The second-order valence-electron chi connectivity index (χ2n) is 5.91. The highest BCUT2D eigenvalue weighted by molar-refractivity contribution is 7.99. The number of nitrogens with zero attached hydrogens (tertiary/aromatic N) is 3. The van der Waals surface area contributed by atoms with E-state index in [0.717, 1.165) is 11.8 Å². The number of thioether (sulfide) groups is 1. The van der Waals surface area contributed by atoms with Crippen LogP contribution in [0.25, 0.3) is 11.5 Å². The number of rotatable bonds is 8. The van der Waals surface area contributed by atoms with E-state index in [1.165, 1.54) is 13.2 Å². The zero-order chi connectivity index (χ0) is 21.0. The van der Waals surface area contributed by atoms with E-state index in [1.807, 2.05) is 0 Å². The molecule has 150 valence electrons. The molecule has 0 spiro atoms. The van der Waals surface area contributed by atoms with Gasteiger partial charge in [-0.15, -0.1) is 10.2 Å². The Hall–Kier alpha value is -3.40. The Balaban J connectivity index is 1.70. The summed E-state index contributed by atoms with van der Waals surface area (Å²) in [5.41, 5.74) is 1.31. The Morgan fingerprint density at radius 3 is 2.59 bits per heavy atom. The number of ether oxygens (including phenoxy) is 2. The summed E-state index contributed by atoms with van der Waals surface area (Å²) < 4.78 is 16.0. The van der Waals surface area contributed by atoms with Gasteiger partial charge in [-0.25, -0.2) is 0 Å². The molecule has 3 aromatic rings. The zero-order valence-corrected chi connectivity index (χ0v) is 16.7. The second-order valence-corrected chi connectivity index (χ2v) is 6.84. The normalized spacial score (nSPS) is 10.6. The first kappa shape index (κ1) is 20.3. The van der Waals surface area contributed by atoms with Gasteiger partial charge in [0.05, 0.1) is 24.9 Å². The molecule has 1 aromatic heterocycles. The van der Waals surface area contributed by atoms with Crippen molar-refractivity contribution < 1.29 is 23.6 Å². The summed E-state index contributed by atoms with van der Waals surface area (Å²) in [6.45, 7) is 1.62. The third-order valence-electron chi connectivity index (χ3n) is 4.09. The number of hydrogen-bond donors (Lipinski definition) is 0. The van der Waals surface area contributed by atoms with Crippen LogP contribution in [-0.2, 0) is 0 Å². The van der Waals surface area contributed by atoms with Gasteiger partial charge in [-0.3, -0.25) is 14.9 Å². The molecular weight excluding hydrogens is 398 g/mol. The van der Waals surface area contributed by atoms with Gasteiger partial charge in [-0.2, -0.15) is 0 Å². The van der Waals surface area contributed by atoms with Crippen LogP contribution < -0.4 is 9.47 Å². The average molecular weight is 415 g/mol. The van der Waals surface area contributed by atoms with Crippen molar-refractivity contribution in [2.24, 2.45) is 0 Å². The maximum absolute atomic E-state index is 12.4. The lowest BCUT2D eigenvalue weighted by atomic mass is 10.1. The SMILES string of the molecule is COc1ccc(-c2nnc(SCC(=O)c3ccc(C)c([N+](=O)[O-])c3)o2)cc1OC. The molecule has 2 aromatic carbocycles. The second kappa shape index (κ2) is 8.74. The summed E-state index contributed by atoms with van der Waals surface area (Å²) in [5.74, 6) is 1.10. The third kappa shape index (κ3) is 4.54. The van der Waals surface area contributed by atoms with Crippen LogP contribution in [0.5, 0.6) is 11.5 Å². The van der Waals surface area contributed by atoms with E-state index in [4.69, 9.17) is 13.9 Å². The number of aryl methyl sites for hydroxylation is 1. The Morgan fingerprint density at radius 1 is 1.14 bits per heavy atom. The number of nitro benzene ring substituents is 1. The Bertz CT molecular complexity index is 1070. The topological polar surface area (TPSA) is 118 Å². The van der Waals surface area contributed by atoms with Crippen molar-refractivity contribution in [1.82, 2.24) is 10.2 Å². The van der Waals surface area contributed by atoms with Crippen LogP contribution in [0.2, 0.25) is 0 Å². The number of nitro groups is 1. The number of ketones is 1. The minimum Gasteiger partial charge on any atom is -0.493 e. The Morgan fingerprint density at radius 2 is 1.90 bits per heavy atom. The van der Waals surface area contributed by atoms with Gasteiger partial charge in [0.15, 0.2) is 17.3 Å². The first-order chi connectivity index (χ1) is 13.9. The summed E-state index contributed by atoms with van der Waals surface area (Å²) in [5, 5.41) is 19.2. The molecule has 0 amide bonds. The third-order valence-corrected chi connectivity index (χ3v) is 4.91. The monoisotopic (exact) mass is 415 g/mol. The van der Waals surface area contributed by atoms with Gasteiger partial charge >= 0.3 is 0 Å². The fourth-order valence-corrected chi connectivity index (χ4v) is 3.20. The van der Waals surface area contributed by atoms with Crippen LogP contribution in [0.1, 0.15) is 15.9 Å². The molecule has 0 N–H and O–H groups in total. The Labute approximate surface area is 170 Å². The predicted octanol–water partition coefficient (Wildman–Crippen LogP) is 3.95. The number of carbonyl (C=O) groups is 1. The van der Waals surface area contributed by atoms with Crippen LogP contribution in [0.4, 0.5) is 5.69 Å². The fourth-order valence-electron chi connectivity index (χ4n) is 2.54. The first-order valence-electron chi connectivity index (χ1n) is 8.40. The summed E-state index contributed by atoms with van der Waals surface area (Å²) in [6, 6.07) is 9.57. The largest absolute Gasteiger partial charge is 0.493 e. The lowest BCUT2D eigenvalue weighted by molar-refractivity contribution is -0.385. The van der Waals surface area contributed by atoms with Crippen molar-refractivity contribution >= 4 is 23.2 Å². The molecule has 1 heterocycles. The summed E-state index contributed by atoms with van der Waals surface area (Å²) in [6.07, 6.45) is 0. The average Bonchev–Trinajstić information content (AvgIpc) is 3.20. The number of methoxy groups -OCH3 is 2. The van der Waals surface area contributed by atoms with E-state index >= 15 is 0 Å². The number of aromatic nitrogens is 2. The van der Waals surface area contributed by atoms with Crippen molar-refractivity contribution in [1.29, 1.82) is 0 Å². The molecule has 29 heavy (non-hydrogen) atoms. The Kier molecular flexibility index (Phi) is 6.13. The zero-order valence-electron chi connectivity index (χ0n) is 15.9. The van der Waals surface area contributed by atoms with E-state index in [0.29, 0.717) is 22.6 Å². The van der Waals surface area contributed by atoms with Crippen LogP contribution in [0, 0.1) is 17.0 Å². The van der Waals surface area contributed by atoms with E-state index in [-0.39, 0.29) is 33.9 Å². The predicted molar refractivity (Wildman–Crippen MR) is 106 cm³/mol. The minimum atomic E-state index is -0.507. The van der Waals surface area contributed by atoms with Crippen LogP contribution in [0.3, 0.4) is 0 Å². The van der Waals surface area contributed by atoms with Gasteiger partial charge < -0.3 is 13.9 Å². The van der Waals surface area contributed by atoms with Crippen LogP contribution in [0.15, 0.2) is 46.0 Å². The summed E-state index contributed by atoms with van der Waals surface area (Å²) >= 11 is 1.06. The molecule has 0 unspecified atom stereocenters. The van der Waals surface area contributed by atoms with Crippen molar-refractivity contribution in [3.8, 4) is 23.0 Å². The lowest BCUT2D eigenvalue weighted by Gasteiger charge is -2.07. The molecule has 0 aliphatic heterocycles. The molecule has 3 rings (SSSR count). The van der Waals surface area contributed by atoms with Gasteiger partial charge in [0.2, 0.25) is 5.89 Å². The van der Waals surface area contributed by atoms with Gasteiger partial charge in [0.1, 0.15) is 0 Å². The van der Waals surface area contributed by atoms with Crippen LogP contribution in [-0.4, -0.2) is 40.9 Å². The van der Waals surface area contributed by atoms with Crippen molar-refractivity contribution in [2.75, 3.05) is 20.0 Å². The molecule has 0 aliphatic carbocycles. The highest BCUT2D eigenvalue weighted by Crippen LogP contribution is 2.32. The number of Topliss-reactive ketones (excluding diaryl/α,β-unsaturated/α-hetero) is 1. The van der Waals surface area contributed by atoms with Crippen molar-refractivity contribution in [3.63, 3.8) is 0 Å². The number of carbonyl (C=O) groups excluding carboxylic acids is 1. The smallest absolute Gasteiger partial charge is 0.277 e. The molecule has 0 saturated heterocycles. The van der Waals surface area contributed by atoms with Gasteiger partial charge in [-0.05, 0) is 25.1 Å².